The summed E-state index contributed by atoms with van der Waals surface area (Å²) < 4.78 is 5.10. The van der Waals surface area contributed by atoms with Crippen molar-refractivity contribution in [3.8, 4) is 5.75 Å². The molecule has 0 radical (unpaired) electrons. The summed E-state index contributed by atoms with van der Waals surface area (Å²) in [5, 5.41) is 12.1. The maximum absolute atomic E-state index is 12.2. The molecule has 2 rings (SSSR count). The largest absolute Gasteiger partial charge is 0.497 e. The fraction of sp³-hybridized carbons (Fsp3) is 0.300. The lowest BCUT2D eigenvalue weighted by Crippen LogP contribution is -2.34. The van der Waals surface area contributed by atoms with E-state index in [1.165, 1.54) is 0 Å². The standard InChI is InChI=1S/C20H23NO4/c1-13-10-14(2)12-16(11-13)19(20(23)24)21-18(22)9-6-15-4-7-17(25-3)8-5-15/h4-5,7-8,10-12,19H,6,9H2,1-3H3,(H,21,22)(H,23,24). The number of rotatable bonds is 7. The van der Waals surface area contributed by atoms with Crippen molar-refractivity contribution < 1.29 is 19.4 Å². The van der Waals surface area contributed by atoms with Crippen LogP contribution >= 0.6 is 0 Å². The first kappa shape index (κ1) is 18.5. The Hall–Kier alpha value is -2.82. The Morgan fingerprint density at radius 3 is 2.20 bits per heavy atom. The number of carbonyl (C=O) groups is 2. The van der Waals surface area contributed by atoms with Crippen LogP contribution in [0.3, 0.4) is 0 Å². The minimum absolute atomic E-state index is 0.223. The molecule has 5 heteroatoms. The van der Waals surface area contributed by atoms with Crippen LogP contribution < -0.4 is 10.1 Å². The van der Waals surface area contributed by atoms with Gasteiger partial charge >= 0.3 is 5.97 Å². The van der Waals surface area contributed by atoms with Crippen LogP contribution in [0.25, 0.3) is 0 Å². The summed E-state index contributed by atoms with van der Waals surface area (Å²) in [6.07, 6.45) is 0.760. The van der Waals surface area contributed by atoms with E-state index in [1.807, 2.05) is 44.2 Å². The first-order chi connectivity index (χ1) is 11.9. The van der Waals surface area contributed by atoms with Crippen LogP contribution in [-0.4, -0.2) is 24.1 Å². The van der Waals surface area contributed by atoms with E-state index in [-0.39, 0.29) is 12.3 Å². The zero-order valence-corrected chi connectivity index (χ0v) is 14.7. The van der Waals surface area contributed by atoms with Crippen molar-refractivity contribution in [1.29, 1.82) is 0 Å². The average molecular weight is 341 g/mol. The van der Waals surface area contributed by atoms with Crippen molar-refractivity contribution in [2.45, 2.75) is 32.7 Å². The van der Waals surface area contributed by atoms with E-state index < -0.39 is 12.0 Å². The highest BCUT2D eigenvalue weighted by Gasteiger charge is 2.22. The Labute approximate surface area is 147 Å². The predicted molar refractivity (Wildman–Crippen MR) is 95.8 cm³/mol. The molecule has 0 aliphatic heterocycles. The summed E-state index contributed by atoms with van der Waals surface area (Å²) in [5.41, 5.74) is 3.51. The number of nitrogens with one attached hydrogen (secondary N) is 1. The second-order valence-electron chi connectivity index (χ2n) is 6.11. The van der Waals surface area contributed by atoms with Gasteiger partial charge in [-0.2, -0.15) is 0 Å². The van der Waals surface area contributed by atoms with Crippen LogP contribution in [-0.2, 0) is 16.0 Å². The number of carboxylic acids is 1. The maximum atomic E-state index is 12.2. The van der Waals surface area contributed by atoms with Gasteiger partial charge in [-0.25, -0.2) is 4.79 Å². The van der Waals surface area contributed by atoms with E-state index in [4.69, 9.17) is 4.74 Å². The molecule has 0 spiro atoms. The van der Waals surface area contributed by atoms with Crippen LogP contribution in [0.5, 0.6) is 5.75 Å². The van der Waals surface area contributed by atoms with E-state index in [0.29, 0.717) is 12.0 Å². The molecular weight excluding hydrogens is 318 g/mol. The molecule has 0 saturated heterocycles. The van der Waals surface area contributed by atoms with Gasteiger partial charge in [-0.3, -0.25) is 4.79 Å². The van der Waals surface area contributed by atoms with Crippen molar-refractivity contribution in [3.05, 3.63) is 64.7 Å². The molecule has 0 heterocycles. The Bertz CT molecular complexity index is 733. The van der Waals surface area contributed by atoms with Crippen LogP contribution in [0.15, 0.2) is 42.5 Å². The number of hydrogen-bond donors (Lipinski definition) is 2. The normalized spacial score (nSPS) is 11.6. The highest BCUT2D eigenvalue weighted by atomic mass is 16.5. The third-order valence-corrected chi connectivity index (χ3v) is 3.93. The number of carboxylic acid groups (broad SMARTS) is 1. The molecule has 0 fully saturated rings. The van der Waals surface area contributed by atoms with Gasteiger partial charge in [-0.1, -0.05) is 41.5 Å². The van der Waals surface area contributed by atoms with Crippen LogP contribution in [0.4, 0.5) is 0 Å². The topological polar surface area (TPSA) is 75.6 Å². The third-order valence-electron chi connectivity index (χ3n) is 3.93. The Balaban J connectivity index is 2.01. The van der Waals surface area contributed by atoms with Crippen molar-refractivity contribution in [2.75, 3.05) is 7.11 Å². The molecule has 0 bridgehead atoms. The number of carbonyl (C=O) groups excluding carboxylic acids is 1. The Morgan fingerprint density at radius 1 is 1.08 bits per heavy atom. The number of aliphatic carboxylic acids is 1. The molecule has 2 aromatic rings. The minimum Gasteiger partial charge on any atom is -0.497 e. The SMILES string of the molecule is COc1ccc(CCC(=O)NC(C(=O)O)c2cc(C)cc(C)c2)cc1. The minimum atomic E-state index is -1.07. The quantitative estimate of drug-likeness (QED) is 0.811. The lowest BCUT2D eigenvalue weighted by atomic mass is 10.0. The van der Waals surface area contributed by atoms with Gasteiger partial charge in [0.2, 0.25) is 5.91 Å². The first-order valence-corrected chi connectivity index (χ1v) is 8.12. The van der Waals surface area contributed by atoms with Gasteiger partial charge in [0.1, 0.15) is 5.75 Å². The molecule has 25 heavy (non-hydrogen) atoms. The number of methoxy groups -OCH3 is 1. The molecule has 132 valence electrons. The van der Waals surface area contributed by atoms with Crippen LogP contribution in [0.2, 0.25) is 0 Å². The lowest BCUT2D eigenvalue weighted by molar-refractivity contribution is -0.142. The van der Waals surface area contributed by atoms with Gasteiger partial charge in [0, 0.05) is 6.42 Å². The summed E-state index contributed by atoms with van der Waals surface area (Å²) in [6.45, 7) is 3.81. The third kappa shape index (κ3) is 5.35. The fourth-order valence-corrected chi connectivity index (χ4v) is 2.75. The molecular formula is C20H23NO4. The van der Waals surface area contributed by atoms with E-state index in [0.717, 1.165) is 22.4 Å². The number of amides is 1. The van der Waals surface area contributed by atoms with Gasteiger partial charge < -0.3 is 15.2 Å². The van der Waals surface area contributed by atoms with E-state index in [1.54, 1.807) is 19.2 Å². The van der Waals surface area contributed by atoms with Crippen LogP contribution in [0.1, 0.15) is 34.7 Å². The Kier molecular flexibility index (Phi) is 6.17. The molecule has 0 aliphatic rings. The van der Waals surface area contributed by atoms with E-state index >= 15 is 0 Å². The highest BCUT2D eigenvalue weighted by Crippen LogP contribution is 2.18. The number of benzene rings is 2. The zero-order chi connectivity index (χ0) is 18.4. The summed E-state index contributed by atoms with van der Waals surface area (Å²) in [4.78, 5) is 23.8. The lowest BCUT2D eigenvalue weighted by Gasteiger charge is -2.16. The number of hydrogen-bond acceptors (Lipinski definition) is 3. The van der Waals surface area contributed by atoms with Crippen LogP contribution in [0, 0.1) is 13.8 Å². The van der Waals surface area contributed by atoms with E-state index in [2.05, 4.69) is 5.32 Å². The molecule has 1 amide bonds. The fourth-order valence-electron chi connectivity index (χ4n) is 2.75. The van der Waals surface area contributed by atoms with Gasteiger partial charge in [-0.15, -0.1) is 0 Å². The number of aryl methyl sites for hydroxylation is 3. The van der Waals surface area contributed by atoms with Gasteiger partial charge in [-0.05, 0) is 43.5 Å². The predicted octanol–water partition coefficient (Wildman–Crippen LogP) is 3.19. The second-order valence-corrected chi connectivity index (χ2v) is 6.11. The maximum Gasteiger partial charge on any atom is 0.330 e. The molecule has 0 aliphatic carbocycles. The first-order valence-electron chi connectivity index (χ1n) is 8.12. The molecule has 0 saturated carbocycles. The molecule has 1 atom stereocenters. The average Bonchev–Trinajstić information content (AvgIpc) is 2.57. The molecule has 1 unspecified atom stereocenters. The monoisotopic (exact) mass is 341 g/mol. The summed E-state index contributed by atoms with van der Waals surface area (Å²) in [5.74, 6) is -0.598. The van der Waals surface area contributed by atoms with Gasteiger partial charge in [0.05, 0.1) is 7.11 Å². The molecule has 0 aromatic heterocycles. The van der Waals surface area contributed by atoms with Gasteiger partial charge in [0.15, 0.2) is 6.04 Å². The molecule has 5 nitrogen and oxygen atoms in total. The Morgan fingerprint density at radius 2 is 1.68 bits per heavy atom. The zero-order valence-electron chi connectivity index (χ0n) is 14.7. The van der Waals surface area contributed by atoms with E-state index in [9.17, 15) is 14.7 Å². The van der Waals surface area contributed by atoms with Crippen molar-refractivity contribution in [3.63, 3.8) is 0 Å². The van der Waals surface area contributed by atoms with Crippen molar-refractivity contribution in [2.24, 2.45) is 0 Å². The molecule has 2 N–H and O–H groups in total. The van der Waals surface area contributed by atoms with Gasteiger partial charge in [0.25, 0.3) is 0 Å². The summed E-state index contributed by atoms with van der Waals surface area (Å²) >= 11 is 0. The second kappa shape index (κ2) is 8.33. The summed E-state index contributed by atoms with van der Waals surface area (Å²) in [6, 6.07) is 12.0. The molecule has 2 aromatic carbocycles. The summed E-state index contributed by atoms with van der Waals surface area (Å²) in [7, 11) is 1.60. The highest BCUT2D eigenvalue weighted by molar-refractivity contribution is 5.84. The smallest absolute Gasteiger partial charge is 0.330 e. The number of ether oxygens (including phenoxy) is 1. The van der Waals surface area contributed by atoms with Crippen molar-refractivity contribution in [1.82, 2.24) is 5.32 Å². The van der Waals surface area contributed by atoms with Crippen molar-refractivity contribution >= 4 is 11.9 Å².